The number of carbonyl (C=O) groups excluding carboxylic acids is 1. The van der Waals surface area contributed by atoms with Crippen LogP contribution >= 0.6 is 35.5 Å². The van der Waals surface area contributed by atoms with Gasteiger partial charge in [-0.1, -0.05) is 0 Å². The van der Waals surface area contributed by atoms with E-state index >= 15 is 0 Å². The van der Waals surface area contributed by atoms with Crippen molar-refractivity contribution < 1.29 is 26.4 Å². The minimum Gasteiger partial charge on any atom is -0.444 e. The predicted molar refractivity (Wildman–Crippen MR) is 196 cm³/mol. The highest BCUT2D eigenvalue weighted by atomic mass is 35.5. The number of sulfonamides is 2. The van der Waals surface area contributed by atoms with Gasteiger partial charge in [0.1, 0.15) is 18.3 Å². The Morgan fingerprint density at radius 1 is 0.800 bits per heavy atom. The number of aromatic nitrogens is 4. The fraction of sp³-hybridized carbons (Fsp3) is 0.414. The molecular weight excluding hydrogens is 748 g/mol. The minimum absolute atomic E-state index is 0. The zero-order chi connectivity index (χ0) is 35.2. The molecule has 2 aliphatic heterocycles. The summed E-state index contributed by atoms with van der Waals surface area (Å²) in [7, 11) is -7.32. The molecule has 0 radical (unpaired) electrons. The molecule has 0 spiro atoms. The van der Waals surface area contributed by atoms with Gasteiger partial charge in [0, 0.05) is 66.7 Å². The first-order valence-electron chi connectivity index (χ1n) is 15.2. The molecule has 21 heteroatoms. The number of anilines is 4. The molecule has 4 aromatic rings. The molecule has 5 N–H and O–H groups in total. The van der Waals surface area contributed by atoms with Crippen LogP contribution in [-0.4, -0.2) is 85.5 Å². The largest absolute Gasteiger partial charge is 0.444 e. The van der Waals surface area contributed by atoms with E-state index in [1.54, 1.807) is 48.5 Å². The van der Waals surface area contributed by atoms with Crippen molar-refractivity contribution in [3.63, 3.8) is 0 Å². The quantitative estimate of drug-likeness (QED) is 0.191. The monoisotopic (exact) mass is 786 g/mol. The third-order valence-electron chi connectivity index (χ3n) is 7.32. The second kappa shape index (κ2) is 16.5. The Morgan fingerprint density at radius 3 is 1.66 bits per heavy atom. The fourth-order valence-corrected chi connectivity index (χ4v) is 8.39. The van der Waals surface area contributed by atoms with Gasteiger partial charge in [-0.3, -0.25) is 9.44 Å². The van der Waals surface area contributed by atoms with Crippen LogP contribution in [0.5, 0.6) is 0 Å². The molecule has 2 aromatic carbocycles. The highest BCUT2D eigenvalue weighted by Crippen LogP contribution is 2.25. The van der Waals surface area contributed by atoms with Crippen molar-refractivity contribution in [1.82, 2.24) is 24.0 Å². The Labute approximate surface area is 305 Å². The van der Waals surface area contributed by atoms with Crippen LogP contribution in [0.4, 0.5) is 26.4 Å². The molecule has 16 nitrogen and oxygen atoms in total. The topological polar surface area (TPSA) is 215 Å². The maximum atomic E-state index is 12.4. The molecule has 0 unspecified atom stereocenters. The molecule has 2 aromatic heterocycles. The number of halogens is 1. The van der Waals surface area contributed by atoms with Crippen LogP contribution in [-0.2, 0) is 24.8 Å². The smallest absolute Gasteiger partial charge is 0.407 e. The maximum absolute atomic E-state index is 12.4. The molecule has 50 heavy (non-hydrogen) atoms. The number of hydrogen-bond acceptors (Lipinski definition) is 15. The molecule has 2 atom stereocenters. The SMILES string of the molecule is CC(C)(C)OC(=O)N[C@H]1CCN(c2ccc(S(=O)(=O)Nc3ncns3)cc2)C1.Cl.N[C@H]1CCN(c2ccc(S(=O)(=O)Nc3ncns3)cc2)C1. The van der Waals surface area contributed by atoms with Gasteiger partial charge in [-0.25, -0.2) is 31.6 Å². The van der Waals surface area contributed by atoms with Gasteiger partial charge in [0.05, 0.1) is 15.8 Å². The van der Waals surface area contributed by atoms with E-state index in [1.165, 1.54) is 12.7 Å². The van der Waals surface area contributed by atoms with Gasteiger partial charge < -0.3 is 25.6 Å². The van der Waals surface area contributed by atoms with Gasteiger partial charge in [0.15, 0.2) is 0 Å². The zero-order valence-electron chi connectivity index (χ0n) is 27.4. The summed E-state index contributed by atoms with van der Waals surface area (Å²) in [5, 5.41) is 3.35. The number of ether oxygens (including phenoxy) is 1. The first kappa shape index (κ1) is 39.0. The highest BCUT2D eigenvalue weighted by molar-refractivity contribution is 7.93. The summed E-state index contributed by atoms with van der Waals surface area (Å²) in [6.07, 6.45) is 3.92. The van der Waals surface area contributed by atoms with Crippen molar-refractivity contribution in [2.45, 2.75) is 61.1 Å². The summed E-state index contributed by atoms with van der Waals surface area (Å²) in [4.78, 5) is 24.1. The van der Waals surface area contributed by atoms with Gasteiger partial charge in [0.25, 0.3) is 20.0 Å². The summed E-state index contributed by atoms with van der Waals surface area (Å²) < 4.78 is 66.7. The van der Waals surface area contributed by atoms with Gasteiger partial charge >= 0.3 is 6.09 Å². The van der Waals surface area contributed by atoms with E-state index in [9.17, 15) is 21.6 Å². The Morgan fingerprint density at radius 2 is 1.26 bits per heavy atom. The molecule has 6 rings (SSSR count). The van der Waals surface area contributed by atoms with Crippen molar-refractivity contribution in [3.05, 3.63) is 61.2 Å². The molecular formula is C29H39ClN10O6S4. The minimum atomic E-state index is -3.70. The number of alkyl carbamates (subject to hydrolysis) is 1. The van der Waals surface area contributed by atoms with Crippen LogP contribution in [0.25, 0.3) is 0 Å². The molecule has 0 bridgehead atoms. The Balaban J connectivity index is 0.000000229. The van der Waals surface area contributed by atoms with Gasteiger partial charge in [0.2, 0.25) is 10.3 Å². The van der Waals surface area contributed by atoms with Crippen LogP contribution in [0.15, 0.2) is 71.0 Å². The van der Waals surface area contributed by atoms with Gasteiger partial charge in [-0.05, 0) is 82.1 Å². The number of amides is 1. The summed E-state index contributed by atoms with van der Waals surface area (Å²) >= 11 is 1.97. The van der Waals surface area contributed by atoms with Gasteiger partial charge in [-0.2, -0.15) is 8.75 Å². The molecule has 1 amide bonds. The maximum Gasteiger partial charge on any atom is 0.407 e. The molecule has 2 saturated heterocycles. The number of nitrogens with one attached hydrogen (secondary N) is 3. The number of rotatable bonds is 9. The summed E-state index contributed by atoms with van der Waals surface area (Å²) in [6, 6.07) is 13.5. The van der Waals surface area contributed by atoms with E-state index < -0.39 is 31.7 Å². The number of nitrogens with two attached hydrogens (primary N) is 1. The second-order valence-corrected chi connectivity index (χ2v) is 17.2. The van der Waals surface area contributed by atoms with Crippen LogP contribution in [0.3, 0.4) is 0 Å². The van der Waals surface area contributed by atoms with E-state index in [0.717, 1.165) is 66.9 Å². The van der Waals surface area contributed by atoms with Crippen molar-refractivity contribution in [2.75, 3.05) is 45.4 Å². The van der Waals surface area contributed by atoms with Crippen LogP contribution in [0.2, 0.25) is 0 Å². The molecule has 2 aliphatic rings. The summed E-state index contributed by atoms with van der Waals surface area (Å²) in [5.41, 5.74) is 7.22. The number of benzene rings is 2. The average molecular weight is 787 g/mol. The van der Waals surface area contributed by atoms with Crippen molar-refractivity contribution in [2.24, 2.45) is 5.73 Å². The fourth-order valence-electron chi connectivity index (χ4n) is 5.06. The van der Waals surface area contributed by atoms with Gasteiger partial charge in [-0.15, -0.1) is 12.4 Å². The number of hydrogen-bond donors (Lipinski definition) is 4. The normalized spacial score (nSPS) is 17.7. The van der Waals surface area contributed by atoms with Crippen LogP contribution in [0.1, 0.15) is 33.6 Å². The van der Waals surface area contributed by atoms with E-state index in [0.29, 0.717) is 6.54 Å². The van der Waals surface area contributed by atoms with E-state index in [1.807, 2.05) is 20.8 Å². The number of carbonyl (C=O) groups is 1. The molecule has 4 heterocycles. The van der Waals surface area contributed by atoms with Crippen molar-refractivity contribution >= 4 is 83.2 Å². The van der Waals surface area contributed by atoms with Crippen molar-refractivity contribution in [3.8, 4) is 0 Å². The molecule has 272 valence electrons. The molecule has 0 saturated carbocycles. The third-order valence-corrected chi connectivity index (χ3v) is 11.5. The average Bonchev–Trinajstić information content (AvgIpc) is 3.87. The third kappa shape index (κ3) is 10.8. The standard InChI is InChI=1S/C17H23N5O4S2.C12H15N5O2S2.ClH/c1-17(2,3)26-16(23)20-12-8-9-22(10-12)13-4-6-14(7-5-13)28(24,25)21-15-18-11-19-27-15;13-9-5-6-17(7-9)10-1-3-11(4-2-10)21(18,19)16-12-14-8-15-20-12;/h4-7,11-12H,8-10H2,1-3H3,(H,20,23)(H,18,19,21);1-4,8-9H,5-7,13H2,(H,14,15,16);1H/t12-;9-;/m00./s1. The van der Waals surface area contributed by atoms with Crippen molar-refractivity contribution in [1.29, 1.82) is 0 Å². The molecule has 2 fully saturated rings. The Bertz CT molecular complexity index is 1890. The van der Waals surface area contributed by atoms with Crippen LogP contribution < -0.4 is 30.3 Å². The Hall–Kier alpha value is -3.82. The Kier molecular flexibility index (Phi) is 12.8. The zero-order valence-corrected chi connectivity index (χ0v) is 31.5. The van der Waals surface area contributed by atoms with E-state index in [4.69, 9.17) is 10.5 Å². The predicted octanol–water partition coefficient (Wildman–Crippen LogP) is 3.74. The number of nitrogens with zero attached hydrogens (tertiary/aromatic N) is 6. The lowest BCUT2D eigenvalue weighted by atomic mass is 10.2. The first-order chi connectivity index (χ1) is 23.2. The summed E-state index contributed by atoms with van der Waals surface area (Å²) in [5.74, 6) is 0. The second-order valence-electron chi connectivity index (χ2n) is 12.3. The first-order valence-corrected chi connectivity index (χ1v) is 19.7. The lowest BCUT2D eigenvalue weighted by Gasteiger charge is -2.22. The van der Waals surface area contributed by atoms with E-state index in [2.05, 4.69) is 43.3 Å². The highest BCUT2D eigenvalue weighted by Gasteiger charge is 2.27. The lowest BCUT2D eigenvalue weighted by Crippen LogP contribution is -2.40. The van der Waals surface area contributed by atoms with Crippen LogP contribution in [0, 0.1) is 0 Å². The van der Waals surface area contributed by atoms with E-state index in [-0.39, 0.29) is 44.5 Å². The summed E-state index contributed by atoms with van der Waals surface area (Å²) in [6.45, 7) is 8.56. The molecule has 0 aliphatic carbocycles. The lowest BCUT2D eigenvalue weighted by molar-refractivity contribution is 0.0509.